The minimum absolute atomic E-state index is 0.196. The Morgan fingerprint density at radius 3 is 2.65 bits per heavy atom. The average molecular weight is 298 g/mol. The number of amides is 1. The van der Waals surface area contributed by atoms with E-state index in [0.29, 0.717) is 23.2 Å². The van der Waals surface area contributed by atoms with E-state index < -0.39 is 0 Å². The first-order chi connectivity index (χ1) is 9.43. The van der Waals surface area contributed by atoms with Crippen molar-refractivity contribution < 1.29 is 9.32 Å². The third-order valence-corrected chi connectivity index (χ3v) is 3.48. The van der Waals surface area contributed by atoms with Gasteiger partial charge in [0.25, 0.3) is 5.91 Å². The Morgan fingerprint density at radius 1 is 1.50 bits per heavy atom. The van der Waals surface area contributed by atoms with Crippen molar-refractivity contribution in [1.82, 2.24) is 25.2 Å². The molecule has 0 aliphatic heterocycles. The van der Waals surface area contributed by atoms with Gasteiger partial charge in [0.2, 0.25) is 5.89 Å². The molecule has 1 N–H and O–H groups in total. The van der Waals surface area contributed by atoms with Crippen LogP contribution in [0.5, 0.6) is 0 Å². The highest BCUT2D eigenvalue weighted by molar-refractivity contribution is 6.34. The SMILES string of the molecule is CCC(NC(=O)c1nn(C)c(C)c1Cl)c1nc(C)no1. The topological polar surface area (TPSA) is 85.8 Å². The Morgan fingerprint density at radius 2 is 2.20 bits per heavy atom. The molecule has 0 bridgehead atoms. The fourth-order valence-corrected chi connectivity index (χ4v) is 1.99. The fourth-order valence-electron chi connectivity index (χ4n) is 1.75. The molecule has 20 heavy (non-hydrogen) atoms. The van der Waals surface area contributed by atoms with Crippen LogP contribution in [0.2, 0.25) is 5.02 Å². The largest absolute Gasteiger partial charge is 0.339 e. The highest BCUT2D eigenvalue weighted by Crippen LogP contribution is 2.21. The number of carbonyl (C=O) groups excluding carboxylic acids is 1. The molecule has 0 aliphatic rings. The van der Waals surface area contributed by atoms with Crippen molar-refractivity contribution in [2.75, 3.05) is 0 Å². The van der Waals surface area contributed by atoms with Crippen molar-refractivity contribution in [3.05, 3.63) is 28.1 Å². The molecule has 0 aromatic carbocycles. The summed E-state index contributed by atoms with van der Waals surface area (Å²) in [6.45, 7) is 5.43. The van der Waals surface area contributed by atoms with Crippen molar-refractivity contribution in [2.45, 2.75) is 33.2 Å². The predicted octanol–water partition coefficient (Wildman–Crippen LogP) is 1.95. The second-order valence-corrected chi connectivity index (χ2v) is 4.86. The van der Waals surface area contributed by atoms with Gasteiger partial charge in [0, 0.05) is 7.05 Å². The fraction of sp³-hybridized carbons (Fsp3) is 0.500. The first kappa shape index (κ1) is 14.5. The van der Waals surface area contributed by atoms with Gasteiger partial charge in [-0.1, -0.05) is 23.7 Å². The lowest BCUT2D eigenvalue weighted by atomic mass is 10.2. The van der Waals surface area contributed by atoms with Crippen LogP contribution in [0, 0.1) is 13.8 Å². The Balaban J connectivity index is 2.19. The van der Waals surface area contributed by atoms with Gasteiger partial charge in [-0.2, -0.15) is 10.1 Å². The molecule has 1 amide bonds. The summed E-state index contributed by atoms with van der Waals surface area (Å²) >= 11 is 6.09. The van der Waals surface area contributed by atoms with Crippen LogP contribution in [-0.2, 0) is 7.05 Å². The van der Waals surface area contributed by atoms with Crippen LogP contribution in [0.3, 0.4) is 0 Å². The number of halogens is 1. The first-order valence-corrected chi connectivity index (χ1v) is 6.62. The number of hydrogen-bond acceptors (Lipinski definition) is 5. The van der Waals surface area contributed by atoms with E-state index in [-0.39, 0.29) is 17.6 Å². The van der Waals surface area contributed by atoms with E-state index in [1.54, 1.807) is 25.6 Å². The molecule has 0 saturated carbocycles. The van der Waals surface area contributed by atoms with Crippen LogP contribution in [0.1, 0.15) is 47.3 Å². The Bertz CT molecular complexity index is 634. The summed E-state index contributed by atoms with van der Waals surface area (Å²) in [5.74, 6) is 0.544. The Hall–Kier alpha value is -1.89. The summed E-state index contributed by atoms with van der Waals surface area (Å²) in [7, 11) is 1.73. The zero-order valence-corrected chi connectivity index (χ0v) is 12.5. The number of aromatic nitrogens is 4. The standard InChI is InChI=1S/C12H16ClN5O2/c1-5-8(12-14-7(3)17-20-12)15-11(19)10-9(13)6(2)18(4)16-10/h8H,5H2,1-4H3,(H,15,19). The van der Waals surface area contributed by atoms with Gasteiger partial charge in [-0.25, -0.2) is 0 Å². The quantitative estimate of drug-likeness (QED) is 0.932. The average Bonchev–Trinajstić information content (AvgIpc) is 2.95. The zero-order valence-electron chi connectivity index (χ0n) is 11.8. The highest BCUT2D eigenvalue weighted by atomic mass is 35.5. The highest BCUT2D eigenvalue weighted by Gasteiger charge is 2.23. The van der Waals surface area contributed by atoms with Gasteiger partial charge in [0.1, 0.15) is 6.04 Å². The molecule has 1 unspecified atom stereocenters. The van der Waals surface area contributed by atoms with E-state index in [4.69, 9.17) is 16.1 Å². The molecule has 2 rings (SSSR count). The van der Waals surface area contributed by atoms with Gasteiger partial charge < -0.3 is 9.84 Å². The van der Waals surface area contributed by atoms with E-state index in [9.17, 15) is 4.79 Å². The van der Waals surface area contributed by atoms with Crippen LogP contribution in [0.25, 0.3) is 0 Å². The number of aryl methyl sites for hydroxylation is 2. The molecule has 0 saturated heterocycles. The van der Waals surface area contributed by atoms with Gasteiger partial charge >= 0.3 is 0 Å². The van der Waals surface area contributed by atoms with Crippen molar-refractivity contribution >= 4 is 17.5 Å². The van der Waals surface area contributed by atoms with E-state index in [1.807, 2.05) is 6.92 Å². The number of nitrogens with zero attached hydrogens (tertiary/aromatic N) is 4. The van der Waals surface area contributed by atoms with E-state index in [2.05, 4.69) is 20.6 Å². The second-order valence-electron chi connectivity index (χ2n) is 4.49. The molecule has 7 nitrogen and oxygen atoms in total. The second kappa shape index (κ2) is 5.62. The summed E-state index contributed by atoms with van der Waals surface area (Å²) in [4.78, 5) is 16.3. The molecule has 2 aromatic rings. The van der Waals surface area contributed by atoms with Crippen LogP contribution < -0.4 is 5.32 Å². The number of hydrogen-bond donors (Lipinski definition) is 1. The predicted molar refractivity (Wildman–Crippen MR) is 72.5 cm³/mol. The molecule has 0 fully saturated rings. The lowest BCUT2D eigenvalue weighted by Gasteiger charge is -2.11. The molecule has 2 heterocycles. The maximum atomic E-state index is 12.2. The van der Waals surface area contributed by atoms with Crippen LogP contribution in [0.4, 0.5) is 0 Å². The van der Waals surface area contributed by atoms with Crippen LogP contribution >= 0.6 is 11.6 Å². The number of carbonyl (C=O) groups is 1. The molecular formula is C12H16ClN5O2. The molecule has 1 atom stereocenters. The lowest BCUT2D eigenvalue weighted by molar-refractivity contribution is 0.0921. The molecule has 0 radical (unpaired) electrons. The van der Waals surface area contributed by atoms with Gasteiger partial charge in [0.15, 0.2) is 11.5 Å². The summed E-state index contributed by atoms with van der Waals surface area (Å²) in [6, 6.07) is -0.359. The van der Waals surface area contributed by atoms with Crippen LogP contribution in [-0.4, -0.2) is 25.8 Å². The van der Waals surface area contributed by atoms with Gasteiger partial charge in [0.05, 0.1) is 10.7 Å². The summed E-state index contributed by atoms with van der Waals surface area (Å²) in [5.41, 5.74) is 0.930. The maximum absolute atomic E-state index is 12.2. The minimum Gasteiger partial charge on any atom is -0.339 e. The number of rotatable bonds is 4. The van der Waals surface area contributed by atoms with Crippen molar-refractivity contribution in [3.8, 4) is 0 Å². The molecule has 108 valence electrons. The minimum atomic E-state index is -0.360. The molecule has 0 aliphatic carbocycles. The first-order valence-electron chi connectivity index (χ1n) is 6.24. The Kier molecular flexibility index (Phi) is 4.08. The lowest BCUT2D eigenvalue weighted by Crippen LogP contribution is -2.29. The molecule has 8 heteroatoms. The van der Waals surface area contributed by atoms with Gasteiger partial charge in [-0.3, -0.25) is 9.48 Å². The summed E-state index contributed by atoms with van der Waals surface area (Å²) in [6.07, 6.45) is 0.622. The van der Waals surface area contributed by atoms with E-state index in [0.717, 1.165) is 5.69 Å². The van der Waals surface area contributed by atoms with E-state index >= 15 is 0 Å². The Labute approximate surface area is 121 Å². The normalized spacial score (nSPS) is 12.4. The summed E-state index contributed by atoms with van der Waals surface area (Å²) < 4.78 is 6.64. The number of nitrogens with one attached hydrogen (secondary N) is 1. The van der Waals surface area contributed by atoms with Crippen molar-refractivity contribution in [2.24, 2.45) is 7.05 Å². The van der Waals surface area contributed by atoms with Gasteiger partial charge in [-0.15, -0.1) is 0 Å². The van der Waals surface area contributed by atoms with Crippen LogP contribution in [0.15, 0.2) is 4.52 Å². The van der Waals surface area contributed by atoms with E-state index in [1.165, 1.54) is 0 Å². The van der Waals surface area contributed by atoms with Crippen molar-refractivity contribution in [1.29, 1.82) is 0 Å². The third kappa shape index (κ3) is 2.67. The van der Waals surface area contributed by atoms with Gasteiger partial charge in [-0.05, 0) is 20.3 Å². The zero-order chi connectivity index (χ0) is 14.9. The third-order valence-electron chi connectivity index (χ3n) is 3.03. The maximum Gasteiger partial charge on any atom is 0.274 e. The smallest absolute Gasteiger partial charge is 0.274 e. The summed E-state index contributed by atoms with van der Waals surface area (Å²) in [5, 5.41) is 11.0. The monoisotopic (exact) mass is 297 g/mol. The molecular weight excluding hydrogens is 282 g/mol. The molecule has 2 aromatic heterocycles. The molecule has 0 spiro atoms. The van der Waals surface area contributed by atoms with Crippen molar-refractivity contribution in [3.63, 3.8) is 0 Å².